The summed E-state index contributed by atoms with van der Waals surface area (Å²) in [5.41, 5.74) is 0.794. The maximum absolute atomic E-state index is 12.5. The summed E-state index contributed by atoms with van der Waals surface area (Å²) in [4.78, 5) is 60.3. The third-order valence-electron chi connectivity index (χ3n) is 3.98. The van der Waals surface area contributed by atoms with Crippen molar-refractivity contribution in [1.82, 2.24) is 5.32 Å². The van der Waals surface area contributed by atoms with Crippen LogP contribution in [0.4, 0.5) is 15.5 Å². The van der Waals surface area contributed by atoms with Crippen LogP contribution in [0.2, 0.25) is 0 Å². The number of alkyl carbamates (subject to hydrolysis) is 1. The van der Waals surface area contributed by atoms with E-state index in [0.717, 1.165) is 23.3 Å². The first-order valence-corrected chi connectivity index (χ1v) is 9.02. The lowest BCUT2D eigenvalue weighted by atomic mass is 10.2. The van der Waals surface area contributed by atoms with Gasteiger partial charge in [0, 0.05) is 18.4 Å². The smallest absolute Gasteiger partial charge is 0.413 e. The number of methoxy groups -OCH3 is 1. The summed E-state index contributed by atoms with van der Waals surface area (Å²) >= 11 is 1.12. The summed E-state index contributed by atoms with van der Waals surface area (Å²) in [6, 6.07) is 7.44. The van der Waals surface area contributed by atoms with Crippen LogP contribution in [0.3, 0.4) is 0 Å². The Morgan fingerprint density at radius 3 is 2.25 bits per heavy atom. The Morgan fingerprint density at radius 2 is 1.64 bits per heavy atom. The number of thiophene rings is 1. The molecular weight excluding hydrogens is 386 g/mol. The maximum Gasteiger partial charge on any atom is 0.413 e. The van der Waals surface area contributed by atoms with Gasteiger partial charge in [0.1, 0.15) is 5.00 Å². The summed E-state index contributed by atoms with van der Waals surface area (Å²) in [5, 5.41) is 6.48. The second-order valence-electron chi connectivity index (χ2n) is 5.73. The lowest BCUT2D eigenvalue weighted by Crippen LogP contribution is -2.30. The molecule has 1 aromatic heterocycles. The molecule has 1 fully saturated rings. The molecule has 2 N–H and O–H groups in total. The van der Waals surface area contributed by atoms with Crippen molar-refractivity contribution in [3.63, 3.8) is 0 Å². The summed E-state index contributed by atoms with van der Waals surface area (Å²) < 4.78 is 4.37. The zero-order valence-electron chi connectivity index (χ0n) is 14.7. The molecule has 28 heavy (non-hydrogen) atoms. The minimum absolute atomic E-state index is 0.119. The fourth-order valence-electron chi connectivity index (χ4n) is 2.60. The molecule has 144 valence electrons. The van der Waals surface area contributed by atoms with Crippen LogP contribution >= 0.6 is 11.3 Å². The largest absolute Gasteiger partial charge is 0.453 e. The highest BCUT2D eigenvalue weighted by Gasteiger charge is 2.30. The van der Waals surface area contributed by atoms with Crippen LogP contribution in [-0.2, 0) is 14.3 Å². The van der Waals surface area contributed by atoms with Gasteiger partial charge < -0.3 is 10.1 Å². The van der Waals surface area contributed by atoms with Gasteiger partial charge in [0.15, 0.2) is 0 Å². The summed E-state index contributed by atoms with van der Waals surface area (Å²) in [5.74, 6) is -1.74. The molecule has 1 aromatic carbocycles. The Morgan fingerprint density at radius 1 is 1.00 bits per heavy atom. The number of anilines is 2. The molecule has 2 aromatic rings. The number of rotatable bonds is 4. The van der Waals surface area contributed by atoms with Crippen molar-refractivity contribution in [2.45, 2.75) is 12.8 Å². The molecule has 10 heteroatoms. The number of nitrogens with zero attached hydrogens (tertiary/aromatic N) is 1. The van der Waals surface area contributed by atoms with E-state index >= 15 is 0 Å². The van der Waals surface area contributed by atoms with E-state index in [0.29, 0.717) is 5.69 Å². The minimum Gasteiger partial charge on any atom is -0.453 e. The molecule has 1 aliphatic rings. The number of hydrogen-bond acceptors (Lipinski definition) is 7. The number of nitrogens with one attached hydrogen (secondary N) is 2. The van der Waals surface area contributed by atoms with Crippen molar-refractivity contribution < 1.29 is 28.7 Å². The number of carbonyl (C=O) groups excluding carboxylic acids is 5. The van der Waals surface area contributed by atoms with E-state index in [1.807, 2.05) is 5.32 Å². The Balaban J connectivity index is 1.71. The van der Waals surface area contributed by atoms with Crippen molar-refractivity contribution in [3.05, 3.63) is 46.8 Å². The highest BCUT2D eigenvalue weighted by atomic mass is 32.1. The third-order valence-corrected chi connectivity index (χ3v) is 4.81. The topological polar surface area (TPSA) is 122 Å². The Bertz CT molecular complexity index is 950. The first-order valence-electron chi connectivity index (χ1n) is 8.14. The molecule has 0 spiro atoms. The average molecular weight is 401 g/mol. The molecule has 0 bridgehead atoms. The molecule has 0 unspecified atom stereocenters. The van der Waals surface area contributed by atoms with Crippen LogP contribution < -0.4 is 15.5 Å². The second-order valence-corrected chi connectivity index (χ2v) is 6.65. The van der Waals surface area contributed by atoms with Gasteiger partial charge in [0.25, 0.3) is 11.8 Å². The standard InChI is InChI=1S/C18H15N3O6S/c1-27-18(26)20-16(25)12-8-9-28-17(12)19-15(24)10-2-4-11(5-3-10)21-13(22)6-7-14(21)23/h2-5,8-9H,6-7H2,1H3,(H,19,24)(H,20,25,26). The van der Waals surface area contributed by atoms with Gasteiger partial charge >= 0.3 is 6.09 Å². The average Bonchev–Trinajstić information content (AvgIpc) is 3.28. The van der Waals surface area contributed by atoms with Gasteiger partial charge in [-0.2, -0.15) is 0 Å². The molecule has 0 atom stereocenters. The molecule has 1 aliphatic heterocycles. The number of imide groups is 2. The number of benzene rings is 1. The van der Waals surface area contributed by atoms with Gasteiger partial charge in [-0.25, -0.2) is 4.79 Å². The van der Waals surface area contributed by atoms with Gasteiger partial charge in [-0.1, -0.05) is 0 Å². The first-order chi connectivity index (χ1) is 13.4. The van der Waals surface area contributed by atoms with E-state index in [1.54, 1.807) is 5.38 Å². The quantitative estimate of drug-likeness (QED) is 0.757. The second kappa shape index (κ2) is 8.01. The van der Waals surface area contributed by atoms with Gasteiger partial charge in [-0.05, 0) is 35.7 Å². The summed E-state index contributed by atoms with van der Waals surface area (Å²) in [6.07, 6.45) is -0.554. The van der Waals surface area contributed by atoms with Gasteiger partial charge in [0.2, 0.25) is 11.8 Å². The molecule has 0 aliphatic carbocycles. The Hall–Kier alpha value is -3.53. The molecule has 3 rings (SSSR count). The van der Waals surface area contributed by atoms with Crippen LogP contribution in [0.15, 0.2) is 35.7 Å². The predicted octanol–water partition coefficient (Wildman–Crippen LogP) is 2.15. The van der Waals surface area contributed by atoms with E-state index in [2.05, 4.69) is 10.1 Å². The van der Waals surface area contributed by atoms with E-state index in [-0.39, 0.29) is 40.8 Å². The van der Waals surface area contributed by atoms with Crippen LogP contribution in [0.25, 0.3) is 0 Å². The molecular formula is C18H15N3O6S. The fourth-order valence-corrected chi connectivity index (χ4v) is 3.38. The normalized spacial score (nSPS) is 13.4. The zero-order valence-corrected chi connectivity index (χ0v) is 15.5. The van der Waals surface area contributed by atoms with Crippen molar-refractivity contribution in [2.75, 3.05) is 17.3 Å². The van der Waals surface area contributed by atoms with E-state index in [9.17, 15) is 24.0 Å². The lowest BCUT2D eigenvalue weighted by Gasteiger charge is -2.14. The molecule has 0 radical (unpaired) electrons. The molecule has 0 saturated carbocycles. The Kier molecular flexibility index (Phi) is 5.50. The molecule has 1 saturated heterocycles. The van der Waals surface area contributed by atoms with Crippen molar-refractivity contribution in [3.8, 4) is 0 Å². The van der Waals surface area contributed by atoms with Crippen LogP contribution in [0.5, 0.6) is 0 Å². The SMILES string of the molecule is COC(=O)NC(=O)c1ccsc1NC(=O)c1ccc(N2C(=O)CCC2=O)cc1. The van der Waals surface area contributed by atoms with Crippen molar-refractivity contribution >= 4 is 51.7 Å². The zero-order chi connectivity index (χ0) is 20.3. The Labute approximate surface area is 163 Å². The highest BCUT2D eigenvalue weighted by molar-refractivity contribution is 7.14. The summed E-state index contributed by atoms with van der Waals surface area (Å²) in [7, 11) is 1.13. The third kappa shape index (κ3) is 3.91. The maximum atomic E-state index is 12.5. The number of ether oxygens (including phenoxy) is 1. The fraction of sp³-hybridized carbons (Fsp3) is 0.167. The predicted molar refractivity (Wildman–Crippen MR) is 100 cm³/mol. The monoisotopic (exact) mass is 401 g/mol. The van der Waals surface area contributed by atoms with Gasteiger partial charge in [-0.3, -0.25) is 29.4 Å². The van der Waals surface area contributed by atoms with Crippen LogP contribution in [0.1, 0.15) is 33.6 Å². The van der Waals surface area contributed by atoms with Crippen LogP contribution in [0, 0.1) is 0 Å². The molecule has 9 nitrogen and oxygen atoms in total. The van der Waals surface area contributed by atoms with Crippen molar-refractivity contribution in [2.24, 2.45) is 0 Å². The number of carbonyl (C=O) groups is 5. The summed E-state index contributed by atoms with van der Waals surface area (Å²) in [6.45, 7) is 0. The lowest BCUT2D eigenvalue weighted by molar-refractivity contribution is -0.121. The van der Waals surface area contributed by atoms with Crippen molar-refractivity contribution in [1.29, 1.82) is 0 Å². The van der Waals surface area contributed by atoms with Crippen LogP contribution in [-0.4, -0.2) is 36.8 Å². The highest BCUT2D eigenvalue weighted by Crippen LogP contribution is 2.25. The van der Waals surface area contributed by atoms with Gasteiger partial charge in [0.05, 0.1) is 18.4 Å². The number of amides is 5. The van der Waals surface area contributed by atoms with E-state index in [4.69, 9.17) is 0 Å². The van der Waals surface area contributed by atoms with Gasteiger partial charge in [-0.15, -0.1) is 11.3 Å². The van der Waals surface area contributed by atoms with E-state index < -0.39 is 17.9 Å². The minimum atomic E-state index is -0.907. The first kappa shape index (κ1) is 19.2. The molecule has 2 heterocycles. The number of hydrogen-bond donors (Lipinski definition) is 2. The van der Waals surface area contributed by atoms with E-state index in [1.165, 1.54) is 30.3 Å². The molecule has 5 amide bonds.